The van der Waals surface area contributed by atoms with Crippen molar-refractivity contribution in [3.8, 4) is 29.0 Å². The van der Waals surface area contributed by atoms with E-state index in [-0.39, 0.29) is 17.5 Å². The molecule has 0 spiro atoms. The van der Waals surface area contributed by atoms with Crippen LogP contribution in [0.2, 0.25) is 0 Å². The third-order valence-corrected chi connectivity index (χ3v) is 5.46. The van der Waals surface area contributed by atoms with Crippen LogP contribution in [0.15, 0.2) is 47.6 Å². The van der Waals surface area contributed by atoms with Gasteiger partial charge >= 0.3 is 0 Å². The van der Waals surface area contributed by atoms with E-state index in [0.717, 1.165) is 5.69 Å². The van der Waals surface area contributed by atoms with Crippen molar-refractivity contribution in [3.63, 3.8) is 0 Å². The van der Waals surface area contributed by atoms with Gasteiger partial charge in [-0.05, 0) is 29.8 Å². The number of thioether (sulfide) groups is 1. The van der Waals surface area contributed by atoms with E-state index in [1.165, 1.54) is 11.8 Å². The van der Waals surface area contributed by atoms with Crippen molar-refractivity contribution >= 4 is 17.6 Å². The molecule has 1 aromatic carbocycles. The first-order valence-electron chi connectivity index (χ1n) is 9.07. The maximum Gasteiger partial charge on any atom is 0.145 e. The van der Waals surface area contributed by atoms with Crippen LogP contribution >= 0.6 is 11.8 Å². The second kappa shape index (κ2) is 8.78. The van der Waals surface area contributed by atoms with Gasteiger partial charge in [-0.15, -0.1) is 0 Å². The van der Waals surface area contributed by atoms with Crippen LogP contribution in [0.4, 0.5) is 5.82 Å². The Hall–Kier alpha value is -3.66. The monoisotopic (exact) mass is 416 g/mol. The van der Waals surface area contributed by atoms with E-state index < -0.39 is 0 Å². The van der Waals surface area contributed by atoms with Gasteiger partial charge in [0.25, 0.3) is 0 Å². The molecule has 30 heavy (non-hydrogen) atoms. The Bertz CT molecular complexity index is 1140. The number of nitriles is 2. The molecule has 0 aliphatic carbocycles. The number of benzene rings is 1. The van der Waals surface area contributed by atoms with Crippen LogP contribution in [0, 0.1) is 22.7 Å². The Morgan fingerprint density at radius 2 is 1.90 bits per heavy atom. The third-order valence-electron chi connectivity index (χ3n) is 4.45. The minimum atomic E-state index is 0.0563. The number of ether oxygens (including phenoxy) is 2. The highest BCUT2D eigenvalue weighted by Gasteiger charge is 2.22. The van der Waals surface area contributed by atoms with E-state index in [1.54, 1.807) is 24.4 Å². The molecule has 2 aromatic heterocycles. The lowest BCUT2D eigenvalue weighted by Crippen LogP contribution is -2.38. The van der Waals surface area contributed by atoms with Crippen molar-refractivity contribution in [1.82, 2.24) is 15.2 Å². The van der Waals surface area contributed by atoms with Crippen LogP contribution in [0.25, 0.3) is 11.1 Å². The molecule has 8 nitrogen and oxygen atoms in total. The first-order chi connectivity index (χ1) is 14.7. The number of hydrogen-bond donors (Lipinski definition) is 1. The Labute approximate surface area is 177 Å². The van der Waals surface area contributed by atoms with Crippen LogP contribution in [0.1, 0.15) is 16.8 Å². The molecule has 3 heterocycles. The Morgan fingerprint density at radius 3 is 2.50 bits per heavy atom. The highest BCUT2D eigenvalue weighted by molar-refractivity contribution is 7.98. The van der Waals surface area contributed by atoms with Crippen LogP contribution in [0.5, 0.6) is 5.75 Å². The second-order valence-electron chi connectivity index (χ2n) is 6.46. The van der Waals surface area contributed by atoms with E-state index in [2.05, 4.69) is 27.3 Å². The first-order valence-corrected chi connectivity index (χ1v) is 10.1. The quantitative estimate of drug-likeness (QED) is 0.602. The van der Waals surface area contributed by atoms with Gasteiger partial charge in [0.05, 0.1) is 24.5 Å². The van der Waals surface area contributed by atoms with E-state index in [9.17, 15) is 10.5 Å². The molecule has 4 rings (SSSR count). The summed E-state index contributed by atoms with van der Waals surface area (Å²) in [6.45, 7) is 1.15. The first kappa shape index (κ1) is 19.6. The zero-order valence-electron chi connectivity index (χ0n) is 15.8. The summed E-state index contributed by atoms with van der Waals surface area (Å²) >= 11 is 1.32. The summed E-state index contributed by atoms with van der Waals surface area (Å²) in [5.41, 5.74) is 8.45. The SMILES string of the molecule is N#Cc1c(N)nc(SCc2cccnn2)c(C#N)c1-c1ccc(OC2COC2)cc1. The van der Waals surface area contributed by atoms with Crippen molar-refractivity contribution in [1.29, 1.82) is 10.5 Å². The zero-order valence-corrected chi connectivity index (χ0v) is 16.6. The number of aromatic nitrogens is 3. The van der Waals surface area contributed by atoms with Gasteiger partial charge < -0.3 is 15.2 Å². The highest BCUT2D eigenvalue weighted by Crippen LogP contribution is 2.37. The van der Waals surface area contributed by atoms with Gasteiger partial charge in [-0.1, -0.05) is 23.9 Å². The molecule has 3 aromatic rings. The number of rotatable bonds is 6. The largest absolute Gasteiger partial charge is 0.486 e. The minimum absolute atomic E-state index is 0.0563. The molecule has 148 valence electrons. The molecule has 1 aliphatic rings. The number of hydrogen-bond acceptors (Lipinski definition) is 9. The van der Waals surface area contributed by atoms with E-state index in [4.69, 9.17) is 15.2 Å². The summed E-state index contributed by atoms with van der Waals surface area (Å²) in [6.07, 6.45) is 1.65. The summed E-state index contributed by atoms with van der Waals surface area (Å²) in [6, 6.07) is 15.1. The van der Waals surface area contributed by atoms with Crippen molar-refractivity contribution in [2.24, 2.45) is 0 Å². The fraction of sp³-hybridized carbons (Fsp3) is 0.190. The molecule has 0 unspecified atom stereocenters. The molecule has 9 heteroatoms. The summed E-state index contributed by atoms with van der Waals surface area (Å²) in [7, 11) is 0. The minimum Gasteiger partial charge on any atom is -0.486 e. The third kappa shape index (κ3) is 4.03. The molecule has 2 N–H and O–H groups in total. The molecule has 1 saturated heterocycles. The van der Waals surface area contributed by atoms with E-state index in [0.29, 0.717) is 46.4 Å². The van der Waals surface area contributed by atoms with Gasteiger partial charge in [0, 0.05) is 17.5 Å². The summed E-state index contributed by atoms with van der Waals surface area (Å²) in [5.74, 6) is 1.25. The smallest absolute Gasteiger partial charge is 0.145 e. The standard InChI is InChI=1S/C21H16N6O2S/c22-8-17-19(13-3-5-15(6-4-13)29-16-10-28-11-16)18(9-23)21(26-20(17)24)30-12-14-2-1-7-25-27-14/h1-7,16H,10-12H2,(H2,24,26). The van der Waals surface area contributed by atoms with Crippen LogP contribution in [0.3, 0.4) is 0 Å². The van der Waals surface area contributed by atoms with Crippen molar-refractivity contribution < 1.29 is 9.47 Å². The predicted octanol–water partition coefficient (Wildman–Crippen LogP) is 2.93. The van der Waals surface area contributed by atoms with E-state index >= 15 is 0 Å². The van der Waals surface area contributed by atoms with E-state index in [1.807, 2.05) is 18.2 Å². The lowest BCUT2D eigenvalue weighted by Gasteiger charge is -2.26. The lowest BCUT2D eigenvalue weighted by molar-refractivity contribution is -0.0796. The summed E-state index contributed by atoms with van der Waals surface area (Å²) in [4.78, 5) is 4.30. The van der Waals surface area contributed by atoms with Gasteiger partial charge in [0.15, 0.2) is 0 Å². The topological polar surface area (TPSA) is 131 Å². The fourth-order valence-corrected chi connectivity index (χ4v) is 3.81. The summed E-state index contributed by atoms with van der Waals surface area (Å²) < 4.78 is 10.9. The van der Waals surface area contributed by atoms with Crippen LogP contribution in [-0.4, -0.2) is 34.5 Å². The van der Waals surface area contributed by atoms with Crippen molar-refractivity contribution in [2.45, 2.75) is 16.9 Å². The fourth-order valence-electron chi connectivity index (χ4n) is 2.92. The number of nitrogens with two attached hydrogens (primary N) is 1. The lowest BCUT2D eigenvalue weighted by atomic mass is 9.97. The van der Waals surface area contributed by atoms with Gasteiger partial charge in [-0.2, -0.15) is 20.7 Å². The number of pyridine rings is 1. The second-order valence-corrected chi connectivity index (χ2v) is 7.42. The molecule has 0 bridgehead atoms. The van der Waals surface area contributed by atoms with Gasteiger partial charge in [0.2, 0.25) is 0 Å². The maximum atomic E-state index is 9.86. The summed E-state index contributed by atoms with van der Waals surface area (Å²) in [5, 5.41) is 27.9. The Morgan fingerprint density at radius 1 is 1.13 bits per heavy atom. The molecule has 1 fully saturated rings. The molecular weight excluding hydrogens is 400 g/mol. The highest BCUT2D eigenvalue weighted by atomic mass is 32.2. The van der Waals surface area contributed by atoms with Crippen LogP contribution in [-0.2, 0) is 10.5 Å². The van der Waals surface area contributed by atoms with Gasteiger partial charge in [-0.3, -0.25) is 0 Å². The maximum absolute atomic E-state index is 9.86. The number of nitrogens with zero attached hydrogens (tertiary/aromatic N) is 5. The molecule has 0 saturated carbocycles. The van der Waals surface area contributed by atoms with Gasteiger partial charge in [-0.25, -0.2) is 4.98 Å². The average molecular weight is 416 g/mol. The number of anilines is 1. The Balaban J connectivity index is 1.69. The molecule has 1 aliphatic heterocycles. The Kier molecular flexibility index (Phi) is 5.75. The van der Waals surface area contributed by atoms with Crippen molar-refractivity contribution in [3.05, 3.63) is 59.4 Å². The normalized spacial score (nSPS) is 13.1. The number of nitrogen functional groups attached to an aromatic ring is 1. The average Bonchev–Trinajstić information content (AvgIpc) is 2.75. The molecule has 0 radical (unpaired) electrons. The predicted molar refractivity (Wildman–Crippen MR) is 110 cm³/mol. The molecular formula is C21H16N6O2S. The molecule has 0 amide bonds. The van der Waals surface area contributed by atoms with Gasteiger partial charge in [0.1, 0.15) is 40.4 Å². The zero-order chi connectivity index (χ0) is 20.9. The van der Waals surface area contributed by atoms with Crippen LogP contribution < -0.4 is 10.5 Å². The van der Waals surface area contributed by atoms with Crippen molar-refractivity contribution in [2.75, 3.05) is 18.9 Å². The molecule has 0 atom stereocenters.